The lowest BCUT2D eigenvalue weighted by Crippen LogP contribution is -2.32. The molecule has 1 unspecified atom stereocenters. The monoisotopic (exact) mass is 601 g/mol. The van der Waals surface area contributed by atoms with Crippen LogP contribution in [0, 0.1) is 24.2 Å². The van der Waals surface area contributed by atoms with Crippen LogP contribution in [-0.2, 0) is 30.8 Å². The largest absolute Gasteiger partial charge is 0.493 e. The van der Waals surface area contributed by atoms with E-state index in [1.807, 2.05) is 13.0 Å². The molecule has 0 spiro atoms. The average molecular weight is 602 g/mol. The van der Waals surface area contributed by atoms with E-state index in [1.165, 1.54) is 38.1 Å². The van der Waals surface area contributed by atoms with Crippen molar-refractivity contribution in [2.75, 3.05) is 19.8 Å². The van der Waals surface area contributed by atoms with Crippen LogP contribution in [0.1, 0.15) is 58.1 Å². The second-order valence-corrected chi connectivity index (χ2v) is 12.0. The summed E-state index contributed by atoms with van der Waals surface area (Å²) in [5.41, 5.74) is -0.319. The molecule has 0 bridgehead atoms. The molecule has 13 heteroatoms. The Kier molecular flexibility index (Phi) is 13.0. The van der Waals surface area contributed by atoms with Gasteiger partial charge in [0.2, 0.25) is 15.9 Å². The summed E-state index contributed by atoms with van der Waals surface area (Å²) in [6.07, 6.45) is 2.68. The van der Waals surface area contributed by atoms with E-state index in [9.17, 15) is 28.4 Å². The summed E-state index contributed by atoms with van der Waals surface area (Å²) < 4.78 is 39.5. The van der Waals surface area contributed by atoms with E-state index in [4.69, 9.17) is 9.47 Å². The molecule has 2 rings (SSSR count). The lowest BCUT2D eigenvalue weighted by atomic mass is 10.0. The number of aromatic hydroxyl groups is 1. The molecule has 2 aromatic rings. The molecule has 0 saturated carbocycles. The summed E-state index contributed by atoms with van der Waals surface area (Å²) in [5.74, 6) is -0.521. The van der Waals surface area contributed by atoms with E-state index in [0.29, 0.717) is 5.92 Å². The second-order valence-electron chi connectivity index (χ2n) is 10.3. The molecule has 1 aromatic carbocycles. The van der Waals surface area contributed by atoms with Crippen LogP contribution < -0.4 is 10.3 Å². The van der Waals surface area contributed by atoms with Crippen molar-refractivity contribution in [1.29, 1.82) is 5.26 Å². The molecule has 0 aliphatic carbocycles. The van der Waals surface area contributed by atoms with Gasteiger partial charge in [-0.2, -0.15) is 10.4 Å². The predicted molar refractivity (Wildman–Crippen MR) is 158 cm³/mol. The van der Waals surface area contributed by atoms with Crippen molar-refractivity contribution in [2.24, 2.45) is 16.1 Å². The zero-order valence-electron chi connectivity index (χ0n) is 24.7. The van der Waals surface area contributed by atoms with Gasteiger partial charge in [0.25, 0.3) is 5.56 Å². The van der Waals surface area contributed by atoms with Gasteiger partial charge in [-0.15, -0.1) is 5.11 Å². The van der Waals surface area contributed by atoms with Crippen LogP contribution in [0.15, 0.2) is 56.3 Å². The Morgan fingerprint density at radius 2 is 1.81 bits per heavy atom. The quantitative estimate of drug-likeness (QED) is 0.120. The Hall–Kier alpha value is -3.86. The highest BCUT2D eigenvalue weighted by Crippen LogP contribution is 2.27. The van der Waals surface area contributed by atoms with Crippen molar-refractivity contribution in [2.45, 2.75) is 71.4 Å². The first-order valence-corrected chi connectivity index (χ1v) is 15.1. The normalized spacial score (nSPS) is 12.4. The molecule has 0 fully saturated rings. The molecule has 1 atom stereocenters. The van der Waals surface area contributed by atoms with E-state index in [-0.39, 0.29) is 65.4 Å². The van der Waals surface area contributed by atoms with Gasteiger partial charge in [0.1, 0.15) is 18.2 Å². The summed E-state index contributed by atoms with van der Waals surface area (Å²) in [6, 6.07) is 7.35. The number of azo groups is 1. The number of benzene rings is 1. The van der Waals surface area contributed by atoms with Crippen LogP contribution in [-0.4, -0.2) is 49.9 Å². The van der Waals surface area contributed by atoms with Gasteiger partial charge in [-0.3, -0.25) is 9.36 Å². The minimum absolute atomic E-state index is 0.0170. The Morgan fingerprint density at radius 3 is 2.40 bits per heavy atom. The molecule has 1 aromatic heterocycles. The number of sulfonamides is 1. The summed E-state index contributed by atoms with van der Waals surface area (Å²) in [4.78, 5) is 24.6. The minimum atomic E-state index is -3.73. The van der Waals surface area contributed by atoms with Gasteiger partial charge in [0, 0.05) is 17.2 Å². The molecule has 42 heavy (non-hydrogen) atoms. The summed E-state index contributed by atoms with van der Waals surface area (Å²) in [6.45, 7) is 12.5. The maximum Gasteiger partial charge on any atom is 0.333 e. The Bertz CT molecular complexity index is 1490. The second kappa shape index (κ2) is 16.0. The third-order valence-electron chi connectivity index (χ3n) is 6.22. The van der Waals surface area contributed by atoms with Gasteiger partial charge in [-0.25, -0.2) is 17.9 Å². The molecule has 0 amide bonds. The smallest absolute Gasteiger partial charge is 0.333 e. The van der Waals surface area contributed by atoms with Crippen molar-refractivity contribution < 1.29 is 27.8 Å². The fraction of sp³-hybridized carbons (Fsp3) is 0.483. The van der Waals surface area contributed by atoms with E-state index in [0.717, 1.165) is 23.8 Å². The summed E-state index contributed by atoms with van der Waals surface area (Å²) in [7, 11) is -3.73. The number of esters is 1. The molecular weight excluding hydrogens is 562 g/mol. The summed E-state index contributed by atoms with van der Waals surface area (Å²) >= 11 is 0. The zero-order valence-corrected chi connectivity index (χ0v) is 25.5. The van der Waals surface area contributed by atoms with E-state index in [2.05, 4.69) is 35.4 Å². The number of ether oxygens (including phenoxy) is 2. The molecular formula is C29H39N5O7S. The number of nitrogens with one attached hydrogen (secondary N) is 1. The molecule has 0 radical (unpaired) electrons. The van der Waals surface area contributed by atoms with Crippen LogP contribution in [0.3, 0.4) is 0 Å². The molecule has 1 heterocycles. The summed E-state index contributed by atoms with van der Waals surface area (Å²) in [5, 5.41) is 28.1. The zero-order chi connectivity index (χ0) is 31.4. The minimum Gasteiger partial charge on any atom is -0.493 e. The van der Waals surface area contributed by atoms with Gasteiger partial charge < -0.3 is 14.6 Å². The lowest BCUT2D eigenvalue weighted by molar-refractivity contribution is -0.140. The number of pyridine rings is 1. The number of carbonyl (C=O) groups is 1. The first kappa shape index (κ1) is 34.3. The van der Waals surface area contributed by atoms with Crippen molar-refractivity contribution in [3.63, 3.8) is 0 Å². The van der Waals surface area contributed by atoms with Crippen molar-refractivity contribution in [3.8, 4) is 11.9 Å². The molecule has 12 nitrogen and oxygen atoms in total. The van der Waals surface area contributed by atoms with Crippen LogP contribution in [0.4, 0.5) is 11.4 Å². The highest BCUT2D eigenvalue weighted by atomic mass is 32.2. The topological polar surface area (TPSA) is 172 Å². The van der Waals surface area contributed by atoms with Gasteiger partial charge in [-0.05, 0) is 57.4 Å². The number of aromatic nitrogens is 1. The van der Waals surface area contributed by atoms with Gasteiger partial charge >= 0.3 is 5.97 Å². The molecule has 0 aliphatic rings. The van der Waals surface area contributed by atoms with Crippen LogP contribution in [0.5, 0.6) is 5.88 Å². The number of nitrogens with zero attached hydrogens (tertiary/aromatic N) is 4. The van der Waals surface area contributed by atoms with E-state index >= 15 is 0 Å². The van der Waals surface area contributed by atoms with Crippen molar-refractivity contribution in [1.82, 2.24) is 9.29 Å². The highest BCUT2D eigenvalue weighted by molar-refractivity contribution is 7.89. The van der Waals surface area contributed by atoms with Crippen LogP contribution in [0.25, 0.3) is 0 Å². The maximum absolute atomic E-state index is 13.1. The first-order valence-electron chi connectivity index (χ1n) is 13.6. The Morgan fingerprint density at radius 1 is 1.14 bits per heavy atom. The van der Waals surface area contributed by atoms with Crippen LogP contribution in [0.2, 0.25) is 0 Å². The average Bonchev–Trinajstić information content (AvgIpc) is 2.91. The molecule has 0 aliphatic heterocycles. The standard InChI is InChI=1S/C29H39N5O7S/c1-19(2)8-7-9-21(5)33-42(38,39)24-12-10-23(11-13-24)31-32-26-22(6)25(18-30)27(35)34(28(26)36)14-15-40-16-17-41-29(37)20(3)4/h10-13,19,21,33,35H,3,7-9,14-17H2,1-2,4-6H3. The fourth-order valence-corrected chi connectivity index (χ4v) is 5.14. The fourth-order valence-electron chi connectivity index (χ4n) is 3.86. The van der Waals surface area contributed by atoms with Gasteiger partial charge in [0.05, 0.1) is 30.3 Å². The number of hydrogen-bond acceptors (Lipinski definition) is 10. The Balaban J connectivity index is 2.14. The van der Waals surface area contributed by atoms with E-state index in [1.54, 1.807) is 0 Å². The third kappa shape index (κ3) is 9.90. The van der Waals surface area contributed by atoms with Gasteiger partial charge in [-0.1, -0.05) is 33.3 Å². The predicted octanol–water partition coefficient (Wildman–Crippen LogP) is 4.78. The van der Waals surface area contributed by atoms with Crippen molar-refractivity contribution in [3.05, 3.63) is 57.9 Å². The lowest BCUT2D eigenvalue weighted by Gasteiger charge is -2.15. The number of rotatable bonds is 16. The molecule has 2 N–H and O–H groups in total. The number of nitriles is 1. The molecule has 228 valence electrons. The van der Waals surface area contributed by atoms with E-state index < -0.39 is 27.4 Å². The highest BCUT2D eigenvalue weighted by Gasteiger charge is 2.20. The first-order chi connectivity index (χ1) is 19.8. The maximum atomic E-state index is 13.1. The number of hydrogen-bond donors (Lipinski definition) is 2. The SMILES string of the molecule is C=C(C)C(=O)OCCOCCn1c(O)c(C#N)c(C)c(N=Nc2ccc(S(=O)(=O)NC(C)CCCC(C)C)cc2)c1=O. The van der Waals surface area contributed by atoms with Crippen molar-refractivity contribution >= 4 is 27.4 Å². The third-order valence-corrected chi connectivity index (χ3v) is 7.83. The number of carbonyl (C=O) groups excluding carboxylic acids is 1. The van der Waals surface area contributed by atoms with Crippen LogP contribution >= 0.6 is 0 Å². The Labute approximate surface area is 246 Å². The van der Waals surface area contributed by atoms with Gasteiger partial charge in [0.15, 0.2) is 5.69 Å². The molecule has 0 saturated heterocycles.